The number of aliphatic hydroxyl groups excluding tert-OH is 1. The van der Waals surface area contributed by atoms with Crippen LogP contribution < -0.4 is 0 Å². The summed E-state index contributed by atoms with van der Waals surface area (Å²) in [5.74, 6) is 0. The molecule has 1 N–H and O–H groups in total. The van der Waals surface area contributed by atoms with E-state index in [1.54, 1.807) is 6.20 Å². The topological polar surface area (TPSA) is 44.5 Å². The lowest BCUT2D eigenvalue weighted by Crippen LogP contribution is -2.48. The van der Waals surface area contributed by atoms with Crippen LogP contribution in [0, 0.1) is 0 Å². The van der Waals surface area contributed by atoms with Crippen molar-refractivity contribution in [2.45, 2.75) is 45.9 Å². The fraction of sp³-hybridized carbons (Fsp3) is 0.800. The summed E-state index contributed by atoms with van der Waals surface area (Å²) in [6.45, 7) is 11.6. The molecule has 1 unspecified atom stereocenters. The van der Waals surface area contributed by atoms with E-state index in [4.69, 9.17) is 11.6 Å². The van der Waals surface area contributed by atoms with E-state index in [-0.39, 0.29) is 0 Å². The molecule has 5 nitrogen and oxygen atoms in total. The molecule has 0 aliphatic rings. The van der Waals surface area contributed by atoms with Crippen molar-refractivity contribution in [3.63, 3.8) is 0 Å². The first-order valence-corrected chi connectivity index (χ1v) is 7.92. The monoisotopic (exact) mass is 316 g/mol. The third-order valence-corrected chi connectivity index (χ3v) is 4.39. The Morgan fingerprint density at radius 1 is 1.33 bits per heavy atom. The molecule has 1 rings (SSSR count). The van der Waals surface area contributed by atoms with Gasteiger partial charge in [-0.2, -0.15) is 5.10 Å². The Kier molecular flexibility index (Phi) is 6.66. The van der Waals surface area contributed by atoms with E-state index in [1.807, 2.05) is 32.6 Å². The Balaban J connectivity index is 3.05. The maximum atomic E-state index is 10.9. The average Bonchev–Trinajstić information content (AvgIpc) is 2.77. The van der Waals surface area contributed by atoms with Crippen LogP contribution in [-0.2, 0) is 6.54 Å². The van der Waals surface area contributed by atoms with Gasteiger partial charge in [-0.1, -0.05) is 25.4 Å². The van der Waals surface area contributed by atoms with E-state index in [0.717, 1.165) is 19.6 Å². The molecule has 1 aromatic heterocycles. The van der Waals surface area contributed by atoms with Gasteiger partial charge in [0, 0.05) is 12.1 Å². The molecule has 6 heteroatoms. The molecule has 122 valence electrons. The zero-order valence-corrected chi connectivity index (χ0v) is 14.9. The molecule has 1 aromatic rings. The van der Waals surface area contributed by atoms with Crippen molar-refractivity contribution in [3.05, 3.63) is 16.9 Å². The highest BCUT2D eigenvalue weighted by molar-refractivity contribution is 6.31. The second-order valence-electron chi connectivity index (χ2n) is 6.13. The van der Waals surface area contributed by atoms with Gasteiger partial charge in [0.2, 0.25) is 0 Å². The number of hydrogen-bond acceptors (Lipinski definition) is 4. The summed E-state index contributed by atoms with van der Waals surface area (Å²) >= 11 is 6.28. The molecule has 0 bridgehead atoms. The summed E-state index contributed by atoms with van der Waals surface area (Å²) in [5, 5.41) is 15.7. The number of hydrogen-bond donors (Lipinski definition) is 1. The van der Waals surface area contributed by atoms with Crippen molar-refractivity contribution in [1.82, 2.24) is 19.6 Å². The molecular formula is C15H29ClN4O. The van der Waals surface area contributed by atoms with Crippen LogP contribution in [0.25, 0.3) is 0 Å². The lowest BCUT2D eigenvalue weighted by atomic mass is 9.92. The second kappa shape index (κ2) is 7.58. The molecule has 0 saturated heterocycles. The molecule has 21 heavy (non-hydrogen) atoms. The van der Waals surface area contributed by atoms with Gasteiger partial charge in [0.05, 0.1) is 23.5 Å². The minimum atomic E-state index is -0.686. The van der Waals surface area contributed by atoms with Crippen molar-refractivity contribution in [2.75, 3.05) is 33.7 Å². The molecular weight excluding hydrogens is 288 g/mol. The molecule has 0 amide bonds. The van der Waals surface area contributed by atoms with E-state index in [2.05, 4.69) is 28.7 Å². The largest absolute Gasteiger partial charge is 0.385 e. The summed E-state index contributed by atoms with van der Waals surface area (Å²) < 4.78 is 1.82. The van der Waals surface area contributed by atoms with Gasteiger partial charge >= 0.3 is 0 Å². The Morgan fingerprint density at radius 2 is 1.90 bits per heavy atom. The maximum Gasteiger partial charge on any atom is 0.115 e. The van der Waals surface area contributed by atoms with Gasteiger partial charge < -0.3 is 10.0 Å². The van der Waals surface area contributed by atoms with Crippen molar-refractivity contribution < 1.29 is 5.11 Å². The quantitative estimate of drug-likeness (QED) is 0.799. The molecule has 0 aliphatic carbocycles. The normalized spacial score (nSPS) is 14.2. The predicted molar refractivity (Wildman–Crippen MR) is 87.8 cm³/mol. The Hall–Kier alpha value is -0.620. The molecule has 0 spiro atoms. The first kappa shape index (κ1) is 18.4. The minimum absolute atomic E-state index is 0.400. The van der Waals surface area contributed by atoms with Crippen molar-refractivity contribution in [2.24, 2.45) is 0 Å². The van der Waals surface area contributed by atoms with Gasteiger partial charge in [0.1, 0.15) is 6.10 Å². The lowest BCUT2D eigenvalue weighted by Gasteiger charge is -2.41. The van der Waals surface area contributed by atoms with E-state index in [1.165, 1.54) is 0 Å². The first-order valence-electron chi connectivity index (χ1n) is 7.54. The number of aromatic nitrogens is 2. The molecule has 0 fully saturated rings. The highest BCUT2D eigenvalue weighted by Crippen LogP contribution is 2.34. The molecule has 1 atom stereocenters. The van der Waals surface area contributed by atoms with Crippen LogP contribution in [0.1, 0.15) is 39.5 Å². The Morgan fingerprint density at radius 3 is 2.38 bits per heavy atom. The fourth-order valence-electron chi connectivity index (χ4n) is 2.66. The van der Waals surface area contributed by atoms with Gasteiger partial charge in [-0.3, -0.25) is 9.58 Å². The van der Waals surface area contributed by atoms with Gasteiger partial charge in [-0.25, -0.2) is 0 Å². The highest BCUT2D eigenvalue weighted by Gasteiger charge is 2.37. The molecule has 0 saturated carbocycles. The third-order valence-electron chi connectivity index (χ3n) is 4.10. The Bertz CT molecular complexity index is 441. The number of halogens is 1. The van der Waals surface area contributed by atoms with Crippen LogP contribution in [0.4, 0.5) is 0 Å². The standard InChI is InChI=1S/C15H29ClN4O/c1-7-19(8-2)15(3,4)14(21)13-12(16)11-17-20(13)10-9-18(5)6/h11,14,21H,7-10H2,1-6H3. The molecule has 1 heterocycles. The SMILES string of the molecule is CCN(CC)C(C)(C)C(O)c1c(Cl)cnn1CCN(C)C. The van der Waals surface area contributed by atoms with Gasteiger partial charge in [0.25, 0.3) is 0 Å². The van der Waals surface area contributed by atoms with Crippen molar-refractivity contribution in [3.8, 4) is 0 Å². The summed E-state index contributed by atoms with van der Waals surface area (Å²) in [6.07, 6.45) is 0.934. The second-order valence-corrected chi connectivity index (χ2v) is 6.54. The zero-order valence-electron chi connectivity index (χ0n) is 14.1. The van der Waals surface area contributed by atoms with Crippen molar-refractivity contribution >= 4 is 11.6 Å². The Labute approximate surface area is 133 Å². The van der Waals surface area contributed by atoms with Gasteiger partial charge in [0.15, 0.2) is 0 Å². The summed E-state index contributed by atoms with van der Waals surface area (Å²) in [5.41, 5.74) is 0.304. The van der Waals surface area contributed by atoms with Gasteiger partial charge in [-0.15, -0.1) is 0 Å². The summed E-state index contributed by atoms with van der Waals surface area (Å²) in [6, 6.07) is 0. The lowest BCUT2D eigenvalue weighted by molar-refractivity contribution is -0.0112. The average molecular weight is 317 g/mol. The van der Waals surface area contributed by atoms with Gasteiger partial charge in [-0.05, 0) is 41.0 Å². The van der Waals surface area contributed by atoms with E-state index < -0.39 is 11.6 Å². The minimum Gasteiger partial charge on any atom is -0.385 e. The summed E-state index contributed by atoms with van der Waals surface area (Å²) in [7, 11) is 4.03. The number of likely N-dealkylation sites (N-methyl/N-ethyl adjacent to an activating group) is 2. The highest BCUT2D eigenvalue weighted by atomic mass is 35.5. The van der Waals surface area contributed by atoms with E-state index in [0.29, 0.717) is 17.3 Å². The fourth-order valence-corrected chi connectivity index (χ4v) is 2.91. The van der Waals surface area contributed by atoms with Crippen LogP contribution in [0.5, 0.6) is 0 Å². The van der Waals surface area contributed by atoms with Crippen molar-refractivity contribution in [1.29, 1.82) is 0 Å². The number of rotatable bonds is 8. The van der Waals surface area contributed by atoms with Crippen LogP contribution >= 0.6 is 11.6 Å². The molecule has 0 aliphatic heterocycles. The smallest absolute Gasteiger partial charge is 0.115 e. The molecule has 0 aromatic carbocycles. The van der Waals surface area contributed by atoms with Crippen LogP contribution in [0.15, 0.2) is 6.20 Å². The van der Waals surface area contributed by atoms with Crippen LogP contribution in [0.3, 0.4) is 0 Å². The third kappa shape index (κ3) is 4.19. The zero-order chi connectivity index (χ0) is 16.2. The summed E-state index contributed by atoms with van der Waals surface area (Å²) in [4.78, 5) is 4.32. The number of nitrogens with zero attached hydrogens (tertiary/aromatic N) is 4. The van der Waals surface area contributed by atoms with Crippen LogP contribution in [-0.4, -0.2) is 64.0 Å². The number of aliphatic hydroxyl groups is 1. The first-order chi connectivity index (χ1) is 9.75. The maximum absolute atomic E-state index is 10.9. The molecule has 0 radical (unpaired) electrons. The van der Waals surface area contributed by atoms with Crippen LogP contribution in [0.2, 0.25) is 5.02 Å². The predicted octanol–water partition coefficient (Wildman–Crippen LogP) is 2.25. The van der Waals surface area contributed by atoms with E-state index >= 15 is 0 Å². The van der Waals surface area contributed by atoms with E-state index in [9.17, 15) is 5.11 Å².